The third-order valence-corrected chi connectivity index (χ3v) is 5.08. The minimum atomic E-state index is -4.41. The molecule has 1 fully saturated rings. The van der Waals surface area contributed by atoms with E-state index in [-0.39, 0.29) is 42.5 Å². The number of hydrogen-bond acceptors (Lipinski definition) is 4. The summed E-state index contributed by atoms with van der Waals surface area (Å²) < 4.78 is 37.7. The Labute approximate surface area is 184 Å². The maximum Gasteiger partial charge on any atom is 0.434 e. The van der Waals surface area contributed by atoms with Crippen molar-refractivity contribution in [1.29, 1.82) is 0 Å². The summed E-state index contributed by atoms with van der Waals surface area (Å²) in [6.45, 7) is 2.91. The van der Waals surface area contributed by atoms with Crippen molar-refractivity contribution in [2.45, 2.75) is 57.7 Å². The Morgan fingerprint density at radius 3 is 2.61 bits per heavy atom. The fraction of sp³-hybridized carbons (Fsp3) is 0.706. The van der Waals surface area contributed by atoms with Crippen LogP contribution < -0.4 is 16.0 Å². The molecule has 0 unspecified atom stereocenters. The Morgan fingerprint density at radius 1 is 1.29 bits per heavy atom. The second-order valence-corrected chi connectivity index (χ2v) is 7.34. The number of nitrogens with one attached hydrogen (secondary N) is 3. The Hall–Kier alpha value is -1.11. The fourth-order valence-electron chi connectivity index (χ4n) is 2.86. The van der Waals surface area contributed by atoms with E-state index in [1.165, 1.54) is 6.42 Å². The van der Waals surface area contributed by atoms with Gasteiger partial charge in [-0.1, -0.05) is 19.3 Å². The molecule has 160 valence electrons. The Kier molecular flexibility index (Phi) is 11.1. The number of carbonyl (C=O) groups excluding carboxylic acids is 1. The molecule has 11 heteroatoms. The number of nitrogens with zero attached hydrogens (tertiary/aromatic N) is 2. The van der Waals surface area contributed by atoms with E-state index in [1.807, 2.05) is 6.92 Å². The molecule has 1 aromatic rings. The van der Waals surface area contributed by atoms with Crippen molar-refractivity contribution in [2.24, 2.45) is 4.99 Å². The number of carbonyl (C=O) groups is 1. The minimum absolute atomic E-state index is 0. The first kappa shape index (κ1) is 24.9. The lowest BCUT2D eigenvalue weighted by Crippen LogP contribution is -2.41. The van der Waals surface area contributed by atoms with Crippen molar-refractivity contribution in [3.05, 3.63) is 16.1 Å². The molecule has 0 bridgehead atoms. The summed E-state index contributed by atoms with van der Waals surface area (Å²) in [6.07, 6.45) is 1.48. The fourth-order valence-corrected chi connectivity index (χ4v) is 3.66. The lowest BCUT2D eigenvalue weighted by Gasteiger charge is -2.22. The lowest BCUT2D eigenvalue weighted by atomic mass is 9.95. The zero-order chi connectivity index (χ0) is 19.7. The number of hydrogen-bond donors (Lipinski definition) is 3. The second-order valence-electron chi connectivity index (χ2n) is 6.40. The highest BCUT2D eigenvalue weighted by atomic mass is 127. The number of thiazole rings is 1. The third-order valence-electron chi connectivity index (χ3n) is 4.17. The first-order valence-electron chi connectivity index (χ1n) is 9.21. The maximum atomic E-state index is 12.6. The number of halogens is 4. The molecular weight excluding hydrogens is 506 g/mol. The Morgan fingerprint density at radius 2 is 2.00 bits per heavy atom. The van der Waals surface area contributed by atoms with Crippen LogP contribution in [0, 0.1) is 0 Å². The minimum Gasteiger partial charge on any atom is -0.357 e. The van der Waals surface area contributed by atoms with Crippen LogP contribution in [0.25, 0.3) is 0 Å². The topological polar surface area (TPSA) is 78.4 Å². The molecule has 2 rings (SSSR count). The molecule has 1 aromatic heterocycles. The first-order valence-corrected chi connectivity index (χ1v) is 10.1. The van der Waals surface area contributed by atoms with Crippen molar-refractivity contribution in [3.8, 4) is 0 Å². The van der Waals surface area contributed by atoms with E-state index in [4.69, 9.17) is 0 Å². The van der Waals surface area contributed by atoms with Crippen LogP contribution in [0.4, 0.5) is 13.2 Å². The summed E-state index contributed by atoms with van der Waals surface area (Å²) in [5.74, 6) is 0.345. The second kappa shape index (κ2) is 12.5. The summed E-state index contributed by atoms with van der Waals surface area (Å²) in [6, 6.07) is 0.240. The predicted octanol–water partition coefficient (Wildman–Crippen LogP) is 3.33. The molecule has 0 spiro atoms. The van der Waals surface area contributed by atoms with Gasteiger partial charge < -0.3 is 16.0 Å². The van der Waals surface area contributed by atoms with Gasteiger partial charge in [0.1, 0.15) is 6.54 Å². The summed E-state index contributed by atoms with van der Waals surface area (Å²) in [5.41, 5.74) is -0.859. The largest absolute Gasteiger partial charge is 0.434 e. The standard InChI is InChI=1S/C17H26F3N5OS.HI/c1-2-21-16(23-10-14(26)24-12-6-4-3-5-7-12)22-9-8-15-25-13(11-27-15)17(18,19)20;/h11-12H,2-10H2,1H3,(H,24,26)(H2,21,22,23);1H. The number of alkyl halides is 3. The predicted molar refractivity (Wildman–Crippen MR) is 115 cm³/mol. The van der Waals surface area contributed by atoms with Gasteiger partial charge in [0, 0.05) is 30.9 Å². The third kappa shape index (κ3) is 8.93. The van der Waals surface area contributed by atoms with Crippen LogP contribution in [-0.4, -0.2) is 42.5 Å². The molecule has 1 amide bonds. The van der Waals surface area contributed by atoms with E-state index in [1.54, 1.807) is 0 Å². The van der Waals surface area contributed by atoms with Gasteiger partial charge in [-0.2, -0.15) is 13.2 Å². The van der Waals surface area contributed by atoms with Gasteiger partial charge in [-0.3, -0.25) is 4.79 Å². The highest BCUT2D eigenvalue weighted by molar-refractivity contribution is 14.0. The average Bonchev–Trinajstić information content (AvgIpc) is 3.10. The smallest absolute Gasteiger partial charge is 0.357 e. The number of aliphatic imine (C=N–C) groups is 1. The Balaban J connectivity index is 0.00000392. The summed E-state index contributed by atoms with van der Waals surface area (Å²) in [7, 11) is 0. The quantitative estimate of drug-likeness (QED) is 0.286. The van der Waals surface area contributed by atoms with E-state index in [0.29, 0.717) is 30.5 Å². The van der Waals surface area contributed by atoms with Gasteiger partial charge in [-0.25, -0.2) is 9.98 Å². The van der Waals surface area contributed by atoms with Gasteiger partial charge in [0.2, 0.25) is 5.91 Å². The molecule has 1 heterocycles. The molecular formula is C17H27F3IN5OS. The molecule has 0 aliphatic heterocycles. The van der Waals surface area contributed by atoms with E-state index in [2.05, 4.69) is 25.9 Å². The van der Waals surface area contributed by atoms with Crippen molar-refractivity contribution in [1.82, 2.24) is 20.9 Å². The molecule has 0 aromatic carbocycles. The number of guanidine groups is 1. The van der Waals surface area contributed by atoms with Crippen LogP contribution in [0.2, 0.25) is 0 Å². The molecule has 1 aliphatic carbocycles. The monoisotopic (exact) mass is 533 g/mol. The van der Waals surface area contributed by atoms with Crippen LogP contribution in [0.3, 0.4) is 0 Å². The highest BCUT2D eigenvalue weighted by Crippen LogP contribution is 2.30. The molecule has 0 saturated heterocycles. The zero-order valence-corrected chi connectivity index (χ0v) is 18.9. The lowest BCUT2D eigenvalue weighted by molar-refractivity contribution is -0.140. The van der Waals surface area contributed by atoms with Crippen LogP contribution in [0.5, 0.6) is 0 Å². The Bertz CT molecular complexity index is 633. The first-order chi connectivity index (χ1) is 12.9. The number of rotatable bonds is 7. The summed E-state index contributed by atoms with van der Waals surface area (Å²) in [5, 5.41) is 10.5. The molecule has 6 nitrogen and oxygen atoms in total. The number of amides is 1. The van der Waals surface area contributed by atoms with Crippen molar-refractivity contribution in [2.75, 3.05) is 19.6 Å². The molecule has 1 aliphatic rings. The zero-order valence-electron chi connectivity index (χ0n) is 15.8. The molecule has 1 saturated carbocycles. The van der Waals surface area contributed by atoms with Crippen LogP contribution in [0.15, 0.2) is 10.4 Å². The van der Waals surface area contributed by atoms with Gasteiger partial charge >= 0.3 is 6.18 Å². The SMILES string of the molecule is CCNC(=NCC(=O)NC1CCCCC1)NCCc1nc(C(F)(F)F)cs1.I. The summed E-state index contributed by atoms with van der Waals surface area (Å²) in [4.78, 5) is 19.9. The van der Waals surface area contributed by atoms with Crippen molar-refractivity contribution >= 4 is 47.2 Å². The molecule has 0 radical (unpaired) electrons. The van der Waals surface area contributed by atoms with E-state index >= 15 is 0 Å². The molecule has 0 atom stereocenters. The van der Waals surface area contributed by atoms with E-state index < -0.39 is 11.9 Å². The highest BCUT2D eigenvalue weighted by Gasteiger charge is 2.33. The van der Waals surface area contributed by atoms with E-state index in [0.717, 1.165) is 42.4 Å². The normalized spacial score (nSPS) is 15.6. The van der Waals surface area contributed by atoms with Crippen LogP contribution in [0.1, 0.15) is 49.7 Å². The van der Waals surface area contributed by atoms with Crippen LogP contribution in [-0.2, 0) is 17.4 Å². The average molecular weight is 533 g/mol. The van der Waals surface area contributed by atoms with Crippen LogP contribution >= 0.6 is 35.3 Å². The molecule has 28 heavy (non-hydrogen) atoms. The van der Waals surface area contributed by atoms with Gasteiger partial charge in [0.05, 0.1) is 5.01 Å². The van der Waals surface area contributed by atoms with Gasteiger partial charge in [0.15, 0.2) is 11.7 Å². The van der Waals surface area contributed by atoms with Gasteiger partial charge in [-0.05, 0) is 19.8 Å². The van der Waals surface area contributed by atoms with Crippen molar-refractivity contribution in [3.63, 3.8) is 0 Å². The van der Waals surface area contributed by atoms with Crippen molar-refractivity contribution < 1.29 is 18.0 Å². The van der Waals surface area contributed by atoms with E-state index in [9.17, 15) is 18.0 Å². The van der Waals surface area contributed by atoms with Gasteiger partial charge in [0.25, 0.3) is 0 Å². The maximum absolute atomic E-state index is 12.6. The molecule has 3 N–H and O–H groups in total. The van der Waals surface area contributed by atoms with Gasteiger partial charge in [-0.15, -0.1) is 35.3 Å². The number of aromatic nitrogens is 1. The summed E-state index contributed by atoms with van der Waals surface area (Å²) >= 11 is 0.984.